The van der Waals surface area contributed by atoms with Crippen LogP contribution in [0.15, 0.2) is 36.4 Å². The molecule has 4 nitrogen and oxygen atoms in total. The van der Waals surface area contributed by atoms with E-state index in [-0.39, 0.29) is 30.2 Å². The van der Waals surface area contributed by atoms with Gasteiger partial charge in [-0.2, -0.15) is 39.5 Å². The number of nitrogens with one attached hydrogen (secondary N) is 1. The lowest BCUT2D eigenvalue weighted by molar-refractivity contribution is -0.143. The number of anilines is 1. The summed E-state index contributed by atoms with van der Waals surface area (Å²) in [6.45, 7) is -5.98. The Balaban J connectivity index is 2.05. The van der Waals surface area contributed by atoms with E-state index in [0.717, 1.165) is 11.0 Å². The molecular weight excluding hydrogens is 519 g/mol. The summed E-state index contributed by atoms with van der Waals surface area (Å²) >= 11 is 0. The van der Waals surface area contributed by atoms with Crippen molar-refractivity contribution in [3.63, 3.8) is 0 Å². The van der Waals surface area contributed by atoms with Gasteiger partial charge >= 0.3 is 24.6 Å². The first-order chi connectivity index (χ1) is 19.0. The van der Waals surface area contributed by atoms with Crippen LogP contribution in [-0.4, -0.2) is 18.7 Å². The number of hydrogen-bond donors (Lipinski definition) is 1. The molecule has 0 bridgehead atoms. The monoisotopic (exact) mass is 547 g/mol. The van der Waals surface area contributed by atoms with Gasteiger partial charge in [0, 0.05) is 22.7 Å². The molecule has 0 fully saturated rings. The first-order valence-corrected chi connectivity index (χ1v) is 10.7. The second-order valence-corrected chi connectivity index (χ2v) is 8.26. The van der Waals surface area contributed by atoms with Gasteiger partial charge in [0.05, 0.1) is 31.7 Å². The van der Waals surface area contributed by atoms with Gasteiger partial charge in [-0.3, -0.25) is 4.90 Å². The van der Waals surface area contributed by atoms with Gasteiger partial charge in [0.1, 0.15) is 0 Å². The fourth-order valence-corrected chi connectivity index (χ4v) is 4.18. The summed E-state index contributed by atoms with van der Waals surface area (Å²) in [4.78, 5) is 13.8. The maximum absolute atomic E-state index is 13.5. The molecule has 1 aliphatic heterocycles. The normalized spacial score (nSPS) is 21.2. The Hall–Kier alpha value is -2.96. The van der Waals surface area contributed by atoms with Crippen LogP contribution in [0.3, 0.4) is 0 Å². The molecule has 2 aromatic rings. The van der Waals surface area contributed by atoms with Crippen molar-refractivity contribution in [3.8, 4) is 0 Å². The van der Waals surface area contributed by atoms with E-state index < -0.39 is 78.9 Å². The molecule has 13 heteroatoms. The number of nitrogens with zero attached hydrogens (tertiary/aromatic N) is 1. The maximum atomic E-state index is 13.5. The minimum absolute atomic E-state index is 0.0660. The number of fused-ring (bicyclic) bond motifs is 1. The third-order valence-corrected chi connectivity index (χ3v) is 5.87. The molecule has 0 saturated carbocycles. The minimum Gasteiger partial charge on any atom is -0.449 e. The van der Waals surface area contributed by atoms with Crippen LogP contribution >= 0.6 is 0 Å². The highest BCUT2D eigenvalue weighted by atomic mass is 19.4. The van der Waals surface area contributed by atoms with E-state index >= 15 is 0 Å². The summed E-state index contributed by atoms with van der Waals surface area (Å²) in [6, 6.07) is 0.890. The molecule has 2 atom stereocenters. The first kappa shape index (κ1) is 22.1. The van der Waals surface area contributed by atoms with Crippen LogP contribution < -0.4 is 10.2 Å². The van der Waals surface area contributed by atoms with Crippen molar-refractivity contribution in [2.75, 3.05) is 11.5 Å². The molecule has 0 aliphatic carbocycles. The van der Waals surface area contributed by atoms with Crippen LogP contribution in [0.25, 0.3) is 0 Å². The highest BCUT2D eigenvalue weighted by molar-refractivity contribution is 5.90. The van der Waals surface area contributed by atoms with Crippen molar-refractivity contribution in [2.24, 2.45) is 0 Å². The Bertz CT molecular complexity index is 1280. The number of carbonyl (C=O) groups is 1. The predicted octanol–water partition coefficient (Wildman–Crippen LogP) is 7.72. The Morgan fingerprint density at radius 1 is 1.00 bits per heavy atom. The summed E-state index contributed by atoms with van der Waals surface area (Å²) in [6.07, 6.45) is -16.8. The van der Waals surface area contributed by atoms with Crippen molar-refractivity contribution in [2.45, 2.75) is 63.8 Å². The number of alkyl halides is 9. The molecule has 1 aliphatic rings. The fourth-order valence-electron chi connectivity index (χ4n) is 4.18. The molecule has 2 unspecified atom stereocenters. The molecule has 0 spiro atoms. The number of halogens is 9. The lowest BCUT2D eigenvalue weighted by atomic mass is 9.88. The van der Waals surface area contributed by atoms with Crippen molar-refractivity contribution >= 4 is 11.8 Å². The zero-order valence-electron chi connectivity index (χ0n) is 23.9. The molecule has 0 saturated heterocycles. The van der Waals surface area contributed by atoms with Crippen LogP contribution in [-0.2, 0) is 29.8 Å². The van der Waals surface area contributed by atoms with Crippen molar-refractivity contribution < 1.29 is 55.9 Å². The second kappa shape index (κ2) is 10.4. The molecule has 204 valence electrons. The number of hydrogen-bond acceptors (Lipinski definition) is 3. The van der Waals surface area contributed by atoms with Crippen LogP contribution in [0, 0.1) is 0 Å². The third-order valence-electron chi connectivity index (χ3n) is 5.87. The molecule has 2 aromatic carbocycles. The Kier molecular flexibility index (Phi) is 6.22. The van der Waals surface area contributed by atoms with Gasteiger partial charge in [0.15, 0.2) is 0 Å². The van der Waals surface area contributed by atoms with Gasteiger partial charge < -0.3 is 10.1 Å². The number of rotatable bonds is 5. The number of carbonyl (C=O) groups excluding carboxylic acids is 1. The summed E-state index contributed by atoms with van der Waals surface area (Å²) < 4.78 is 162. The average molecular weight is 547 g/mol. The summed E-state index contributed by atoms with van der Waals surface area (Å²) in [5.41, 5.74) is -5.31. The Morgan fingerprint density at radius 3 is 2.11 bits per heavy atom. The molecule has 1 amide bonds. The summed E-state index contributed by atoms with van der Waals surface area (Å²) in [7, 11) is 0. The van der Waals surface area contributed by atoms with Crippen molar-refractivity contribution in [3.05, 3.63) is 64.2 Å². The SMILES string of the molecule is [2H]C([2H])([2H])C([2H])([2H])OC(=O)N1c2ccc(C(F)(F)F)cc2C(NCc2cc(C(F)(F)F)cc(C(F)(F)F)c2)CC1CC. The lowest BCUT2D eigenvalue weighted by Crippen LogP contribution is -2.47. The molecule has 3 rings (SSSR count). The quantitative estimate of drug-likeness (QED) is 0.390. The largest absolute Gasteiger partial charge is 0.449 e. The van der Waals surface area contributed by atoms with Crippen LogP contribution in [0.4, 0.5) is 50.0 Å². The van der Waals surface area contributed by atoms with Gasteiger partial charge in [0.25, 0.3) is 0 Å². The van der Waals surface area contributed by atoms with E-state index in [2.05, 4.69) is 10.1 Å². The van der Waals surface area contributed by atoms with Gasteiger partial charge in [-0.15, -0.1) is 0 Å². The van der Waals surface area contributed by atoms with Gasteiger partial charge in [-0.05, 0) is 67.2 Å². The Morgan fingerprint density at radius 2 is 1.59 bits per heavy atom. The van der Waals surface area contributed by atoms with Gasteiger partial charge in [-0.25, -0.2) is 4.79 Å². The number of ether oxygens (including phenoxy) is 1. The molecule has 37 heavy (non-hydrogen) atoms. The highest BCUT2D eigenvalue weighted by Crippen LogP contribution is 2.42. The zero-order valence-corrected chi connectivity index (χ0v) is 18.9. The topological polar surface area (TPSA) is 41.6 Å². The maximum Gasteiger partial charge on any atom is 0.416 e. The Labute approximate surface area is 213 Å². The van der Waals surface area contributed by atoms with Crippen molar-refractivity contribution in [1.82, 2.24) is 5.32 Å². The molecular formula is C24H23F9N2O2. The first-order valence-electron chi connectivity index (χ1n) is 13.2. The zero-order chi connectivity index (χ0) is 32.1. The fraction of sp³-hybridized carbons (Fsp3) is 0.458. The van der Waals surface area contributed by atoms with E-state index in [4.69, 9.17) is 6.85 Å². The summed E-state index contributed by atoms with van der Waals surface area (Å²) in [5.74, 6) is 0. The number of benzene rings is 2. The van der Waals surface area contributed by atoms with Crippen LogP contribution in [0.1, 0.15) is 67.3 Å². The van der Waals surface area contributed by atoms with Crippen molar-refractivity contribution in [1.29, 1.82) is 0 Å². The third kappa shape index (κ3) is 6.49. The van der Waals surface area contributed by atoms with E-state index in [1.54, 1.807) is 0 Å². The standard InChI is InChI=1S/C24H23F9N2O2/c1-3-17-11-19(34-12-13-7-15(23(28,29)30)9-16(8-13)24(31,32)33)18-10-14(22(25,26)27)5-6-20(18)35(17)21(36)37-4-2/h5-10,17,19,34H,3-4,11-12H2,1-2H3/i2D3,4D2. The molecule has 1 N–H and O–H groups in total. The van der Waals surface area contributed by atoms with E-state index in [0.29, 0.717) is 24.3 Å². The van der Waals surface area contributed by atoms with Gasteiger partial charge in [-0.1, -0.05) is 6.92 Å². The smallest absolute Gasteiger partial charge is 0.416 e. The van der Waals surface area contributed by atoms with Crippen LogP contribution in [0.5, 0.6) is 0 Å². The lowest BCUT2D eigenvalue weighted by Gasteiger charge is -2.40. The van der Waals surface area contributed by atoms with E-state index in [1.165, 1.54) is 6.92 Å². The minimum atomic E-state index is -5.12. The molecule has 1 heterocycles. The molecule has 0 aromatic heterocycles. The number of amides is 1. The molecule has 0 radical (unpaired) electrons. The predicted molar refractivity (Wildman–Crippen MR) is 116 cm³/mol. The van der Waals surface area contributed by atoms with E-state index in [9.17, 15) is 44.3 Å². The van der Waals surface area contributed by atoms with E-state index in [1.807, 2.05) is 0 Å². The second-order valence-electron chi connectivity index (χ2n) is 8.26. The van der Waals surface area contributed by atoms with Gasteiger partial charge in [0.2, 0.25) is 0 Å². The average Bonchev–Trinajstić information content (AvgIpc) is 2.83. The highest BCUT2D eigenvalue weighted by Gasteiger charge is 2.40. The van der Waals surface area contributed by atoms with Crippen LogP contribution in [0.2, 0.25) is 0 Å². The summed E-state index contributed by atoms with van der Waals surface area (Å²) in [5, 5.41) is 2.68.